The fraction of sp³-hybridized carbons (Fsp3) is 0.312. The zero-order chi connectivity index (χ0) is 17.1. The standard InChI is InChI=1S/C16H20N2O5/c1-3-7-13(15(20)22-2)18-14(19)10-17-16(21)23-11-12-8-5-4-6-9-12/h3-6,8-9,13H,1,7,10-11H2,2H3,(H,17,21)(H,18,19)/t13-/m0/s1. The predicted octanol–water partition coefficient (Wildman–Crippen LogP) is 1.15. The van der Waals surface area contributed by atoms with Crippen LogP contribution in [-0.4, -0.2) is 37.7 Å². The van der Waals surface area contributed by atoms with Gasteiger partial charge < -0.3 is 20.1 Å². The maximum absolute atomic E-state index is 11.7. The molecule has 0 heterocycles. The summed E-state index contributed by atoms with van der Waals surface area (Å²) in [6.07, 6.45) is 1.00. The maximum Gasteiger partial charge on any atom is 0.407 e. The first kappa shape index (κ1) is 18.2. The van der Waals surface area contributed by atoms with Gasteiger partial charge in [0.05, 0.1) is 7.11 Å². The van der Waals surface area contributed by atoms with Crippen molar-refractivity contribution >= 4 is 18.0 Å². The van der Waals surface area contributed by atoms with Gasteiger partial charge in [-0.25, -0.2) is 9.59 Å². The number of carbonyl (C=O) groups is 3. The largest absolute Gasteiger partial charge is 0.467 e. The number of nitrogens with one attached hydrogen (secondary N) is 2. The lowest BCUT2D eigenvalue weighted by atomic mass is 10.2. The zero-order valence-electron chi connectivity index (χ0n) is 12.9. The van der Waals surface area contributed by atoms with Crippen LogP contribution in [0.2, 0.25) is 0 Å². The number of alkyl carbamates (subject to hydrolysis) is 1. The van der Waals surface area contributed by atoms with Gasteiger partial charge in [-0.3, -0.25) is 4.79 Å². The third kappa shape index (κ3) is 7.12. The van der Waals surface area contributed by atoms with Gasteiger partial charge in [-0.2, -0.15) is 0 Å². The minimum atomic E-state index is -0.827. The zero-order valence-corrected chi connectivity index (χ0v) is 12.9. The number of rotatable bonds is 8. The van der Waals surface area contributed by atoms with E-state index >= 15 is 0 Å². The summed E-state index contributed by atoms with van der Waals surface area (Å²) in [4.78, 5) is 34.6. The van der Waals surface area contributed by atoms with Crippen LogP contribution in [0.4, 0.5) is 4.79 Å². The lowest BCUT2D eigenvalue weighted by Crippen LogP contribution is -2.45. The van der Waals surface area contributed by atoms with Crippen LogP contribution in [0.15, 0.2) is 43.0 Å². The van der Waals surface area contributed by atoms with Crippen molar-refractivity contribution in [2.45, 2.75) is 19.1 Å². The Kier molecular flexibility index (Phi) is 7.91. The maximum atomic E-state index is 11.7. The van der Waals surface area contributed by atoms with Crippen molar-refractivity contribution in [3.8, 4) is 0 Å². The molecule has 0 unspecified atom stereocenters. The van der Waals surface area contributed by atoms with Gasteiger partial charge in [0.1, 0.15) is 19.2 Å². The van der Waals surface area contributed by atoms with E-state index in [0.29, 0.717) is 0 Å². The number of methoxy groups -OCH3 is 1. The Morgan fingerprint density at radius 1 is 1.26 bits per heavy atom. The molecule has 0 aliphatic rings. The van der Waals surface area contributed by atoms with Gasteiger partial charge in [0.25, 0.3) is 0 Å². The number of amides is 2. The van der Waals surface area contributed by atoms with Crippen molar-refractivity contribution in [3.05, 3.63) is 48.6 Å². The molecule has 0 radical (unpaired) electrons. The monoisotopic (exact) mass is 320 g/mol. The van der Waals surface area contributed by atoms with Crippen LogP contribution >= 0.6 is 0 Å². The van der Waals surface area contributed by atoms with Crippen LogP contribution < -0.4 is 10.6 Å². The molecule has 0 aliphatic carbocycles. The van der Waals surface area contributed by atoms with E-state index < -0.39 is 24.0 Å². The topological polar surface area (TPSA) is 93.7 Å². The normalized spacial score (nSPS) is 11.0. The molecule has 1 aromatic carbocycles. The first-order chi connectivity index (χ1) is 11.1. The highest BCUT2D eigenvalue weighted by Gasteiger charge is 2.20. The molecule has 0 saturated heterocycles. The molecule has 0 aromatic heterocycles. The molecular weight excluding hydrogens is 300 g/mol. The fourth-order valence-corrected chi connectivity index (χ4v) is 1.69. The average Bonchev–Trinajstić information content (AvgIpc) is 2.58. The van der Waals surface area contributed by atoms with Crippen molar-refractivity contribution in [2.75, 3.05) is 13.7 Å². The summed E-state index contributed by atoms with van der Waals surface area (Å²) in [7, 11) is 1.23. The van der Waals surface area contributed by atoms with Crippen LogP contribution in [0.25, 0.3) is 0 Å². The van der Waals surface area contributed by atoms with E-state index in [9.17, 15) is 14.4 Å². The Labute approximate surface area is 134 Å². The Balaban J connectivity index is 2.32. The van der Waals surface area contributed by atoms with Crippen LogP contribution in [-0.2, 0) is 25.7 Å². The second-order valence-electron chi connectivity index (χ2n) is 4.58. The summed E-state index contributed by atoms with van der Waals surface area (Å²) < 4.78 is 9.53. The van der Waals surface area contributed by atoms with E-state index in [2.05, 4.69) is 21.9 Å². The summed E-state index contributed by atoms with van der Waals surface area (Å²) in [5, 5.41) is 4.75. The average molecular weight is 320 g/mol. The molecule has 0 saturated carbocycles. The summed E-state index contributed by atoms with van der Waals surface area (Å²) in [6, 6.07) is 8.32. The highest BCUT2D eigenvalue weighted by Crippen LogP contribution is 2.00. The summed E-state index contributed by atoms with van der Waals surface area (Å²) in [5.74, 6) is -1.11. The number of hydrogen-bond acceptors (Lipinski definition) is 5. The lowest BCUT2D eigenvalue weighted by Gasteiger charge is -2.15. The molecule has 23 heavy (non-hydrogen) atoms. The Hall–Kier alpha value is -2.83. The van der Waals surface area contributed by atoms with Gasteiger partial charge in [0, 0.05) is 0 Å². The van der Waals surface area contributed by atoms with E-state index in [-0.39, 0.29) is 19.6 Å². The molecule has 2 amide bonds. The molecule has 7 heteroatoms. The van der Waals surface area contributed by atoms with Gasteiger partial charge in [-0.1, -0.05) is 36.4 Å². The van der Waals surface area contributed by atoms with Gasteiger partial charge in [-0.15, -0.1) is 6.58 Å². The van der Waals surface area contributed by atoms with Crippen LogP contribution in [0.1, 0.15) is 12.0 Å². The second kappa shape index (κ2) is 9.99. The van der Waals surface area contributed by atoms with Gasteiger partial charge in [-0.05, 0) is 12.0 Å². The third-order valence-corrected chi connectivity index (χ3v) is 2.83. The van der Waals surface area contributed by atoms with Crippen molar-refractivity contribution in [2.24, 2.45) is 0 Å². The number of ether oxygens (including phenoxy) is 2. The van der Waals surface area contributed by atoms with Gasteiger partial charge in [0.2, 0.25) is 5.91 Å². The van der Waals surface area contributed by atoms with Crippen LogP contribution in [0.5, 0.6) is 0 Å². The minimum absolute atomic E-state index is 0.107. The first-order valence-electron chi connectivity index (χ1n) is 6.99. The Bertz CT molecular complexity index is 545. The van der Waals surface area contributed by atoms with Crippen molar-refractivity contribution in [1.29, 1.82) is 0 Å². The SMILES string of the molecule is C=CC[C@H](NC(=O)CNC(=O)OCc1ccccc1)C(=O)OC. The fourth-order valence-electron chi connectivity index (χ4n) is 1.69. The highest BCUT2D eigenvalue weighted by molar-refractivity contribution is 5.87. The van der Waals surface area contributed by atoms with E-state index in [1.807, 2.05) is 30.3 Å². The quantitative estimate of drug-likeness (QED) is 0.553. The predicted molar refractivity (Wildman–Crippen MR) is 83.4 cm³/mol. The van der Waals surface area contributed by atoms with Crippen molar-refractivity contribution in [1.82, 2.24) is 10.6 Å². The molecule has 0 spiro atoms. The molecular formula is C16H20N2O5. The lowest BCUT2D eigenvalue weighted by molar-refractivity contribution is -0.144. The smallest absolute Gasteiger partial charge is 0.407 e. The van der Waals surface area contributed by atoms with E-state index in [4.69, 9.17) is 4.74 Å². The highest BCUT2D eigenvalue weighted by atomic mass is 16.5. The molecule has 124 valence electrons. The number of esters is 1. The molecule has 1 rings (SSSR count). The third-order valence-electron chi connectivity index (χ3n) is 2.83. The number of carbonyl (C=O) groups excluding carboxylic acids is 3. The van der Waals surface area contributed by atoms with Crippen molar-refractivity contribution < 1.29 is 23.9 Å². The van der Waals surface area contributed by atoms with E-state index in [1.165, 1.54) is 13.2 Å². The van der Waals surface area contributed by atoms with E-state index in [0.717, 1.165) is 5.56 Å². The number of benzene rings is 1. The molecule has 2 N–H and O–H groups in total. The minimum Gasteiger partial charge on any atom is -0.467 e. The Morgan fingerprint density at radius 2 is 1.96 bits per heavy atom. The summed E-state index contributed by atoms with van der Waals surface area (Å²) in [6.45, 7) is 3.30. The van der Waals surface area contributed by atoms with Crippen LogP contribution in [0, 0.1) is 0 Å². The first-order valence-corrected chi connectivity index (χ1v) is 6.99. The van der Waals surface area contributed by atoms with Gasteiger partial charge >= 0.3 is 12.1 Å². The summed E-state index contributed by atoms with van der Waals surface area (Å²) in [5.41, 5.74) is 0.837. The molecule has 0 aliphatic heterocycles. The summed E-state index contributed by atoms with van der Waals surface area (Å²) >= 11 is 0. The second-order valence-corrected chi connectivity index (χ2v) is 4.58. The van der Waals surface area contributed by atoms with E-state index in [1.54, 1.807) is 0 Å². The molecule has 1 aromatic rings. The Morgan fingerprint density at radius 3 is 2.57 bits per heavy atom. The molecule has 1 atom stereocenters. The molecule has 0 bridgehead atoms. The van der Waals surface area contributed by atoms with Crippen molar-refractivity contribution in [3.63, 3.8) is 0 Å². The van der Waals surface area contributed by atoms with Gasteiger partial charge in [0.15, 0.2) is 0 Å². The van der Waals surface area contributed by atoms with Crippen LogP contribution in [0.3, 0.4) is 0 Å². The molecule has 7 nitrogen and oxygen atoms in total. The number of hydrogen-bond donors (Lipinski definition) is 2. The molecule has 0 fully saturated rings.